The smallest absolute Gasteiger partial charge is 0.258 e. The van der Waals surface area contributed by atoms with E-state index in [-0.39, 0.29) is 28.7 Å². The van der Waals surface area contributed by atoms with Crippen LogP contribution in [0.25, 0.3) is 26.1 Å². The van der Waals surface area contributed by atoms with Crippen LogP contribution in [-0.4, -0.2) is 72.4 Å². The van der Waals surface area contributed by atoms with Crippen LogP contribution in [-0.2, 0) is 4.79 Å². The van der Waals surface area contributed by atoms with E-state index in [0.29, 0.717) is 35.5 Å². The van der Waals surface area contributed by atoms with Crippen LogP contribution in [0.3, 0.4) is 0 Å². The predicted molar refractivity (Wildman–Crippen MR) is 151 cm³/mol. The quantitative estimate of drug-likeness (QED) is 0.396. The molecule has 0 aliphatic carbocycles. The Bertz CT molecular complexity index is 1580. The molecule has 0 unspecified atom stereocenters. The van der Waals surface area contributed by atoms with Crippen LogP contribution in [0.4, 0.5) is 5.69 Å². The number of carbonyl (C=O) groups excluding carboxylic acids is 2. The molecule has 38 heavy (non-hydrogen) atoms. The van der Waals surface area contributed by atoms with E-state index in [0.717, 1.165) is 48.4 Å². The number of hydrogen-bond acceptors (Lipinski definition) is 7. The SMILES string of the molecule is CNC(=O)C1CCN(c2cnc3c(c2)c(=O)c(C(=O)NCCN2CCCC2)c2sc4ccccc4n23)CC1. The monoisotopic (exact) mass is 532 g/mol. The van der Waals surface area contributed by atoms with Crippen molar-refractivity contribution >= 4 is 54.9 Å². The number of likely N-dealkylation sites (tertiary alicyclic amines) is 1. The molecule has 5 heterocycles. The molecule has 0 bridgehead atoms. The molecule has 0 saturated carbocycles. The molecule has 1 aromatic carbocycles. The van der Waals surface area contributed by atoms with E-state index in [1.807, 2.05) is 34.7 Å². The van der Waals surface area contributed by atoms with Gasteiger partial charge in [-0.15, -0.1) is 11.3 Å². The minimum atomic E-state index is -0.336. The number of thiazole rings is 1. The summed E-state index contributed by atoms with van der Waals surface area (Å²) in [5.41, 5.74) is 2.21. The highest BCUT2D eigenvalue weighted by atomic mass is 32.1. The fourth-order valence-electron chi connectivity index (χ4n) is 5.78. The lowest BCUT2D eigenvalue weighted by atomic mass is 9.95. The maximum atomic E-state index is 13.9. The van der Waals surface area contributed by atoms with Crippen LogP contribution in [0, 0.1) is 5.92 Å². The van der Waals surface area contributed by atoms with Gasteiger partial charge in [0.25, 0.3) is 5.91 Å². The second-order valence-corrected chi connectivity index (χ2v) is 11.2. The molecule has 198 valence electrons. The second-order valence-electron chi connectivity index (χ2n) is 10.2. The summed E-state index contributed by atoms with van der Waals surface area (Å²) in [6.07, 6.45) is 5.68. The molecule has 2 N–H and O–H groups in total. The number of carbonyl (C=O) groups is 2. The van der Waals surface area contributed by atoms with Crippen LogP contribution in [0.5, 0.6) is 0 Å². The Morgan fingerprint density at radius 3 is 2.63 bits per heavy atom. The molecule has 10 heteroatoms. The first-order valence-electron chi connectivity index (χ1n) is 13.4. The van der Waals surface area contributed by atoms with E-state index in [9.17, 15) is 14.4 Å². The van der Waals surface area contributed by atoms with Gasteiger partial charge in [0.05, 0.1) is 27.5 Å². The van der Waals surface area contributed by atoms with Crippen molar-refractivity contribution in [1.29, 1.82) is 0 Å². The first-order chi connectivity index (χ1) is 18.5. The molecule has 3 aromatic heterocycles. The first-order valence-corrected chi connectivity index (χ1v) is 14.2. The first kappa shape index (κ1) is 24.8. The van der Waals surface area contributed by atoms with E-state index in [1.54, 1.807) is 13.2 Å². The van der Waals surface area contributed by atoms with Gasteiger partial charge in [-0.25, -0.2) is 4.98 Å². The lowest BCUT2D eigenvalue weighted by Gasteiger charge is -2.32. The Morgan fingerprint density at radius 2 is 1.87 bits per heavy atom. The summed E-state index contributed by atoms with van der Waals surface area (Å²) in [7, 11) is 1.67. The fraction of sp³-hybridized carbons (Fsp3) is 0.429. The van der Waals surface area contributed by atoms with E-state index < -0.39 is 0 Å². The van der Waals surface area contributed by atoms with E-state index in [4.69, 9.17) is 4.98 Å². The van der Waals surface area contributed by atoms with Gasteiger partial charge in [-0.3, -0.25) is 18.8 Å². The van der Waals surface area contributed by atoms with Gasteiger partial charge < -0.3 is 20.4 Å². The molecule has 0 atom stereocenters. The number of para-hydroxylation sites is 1. The molecular weight excluding hydrogens is 500 g/mol. The standard InChI is InChI=1S/C28H32N6O3S/c1-29-26(36)18-8-13-33(14-9-18)19-16-20-24(35)23(27(37)30-10-15-32-11-4-5-12-32)28-34(25(20)31-17-19)21-6-2-3-7-22(21)38-28/h2-3,6-7,16-18H,4-5,8-15H2,1H3,(H,29,36)(H,30,37). The number of aromatic nitrogens is 2. The van der Waals surface area contributed by atoms with Gasteiger partial charge in [-0.05, 0) is 57.0 Å². The molecule has 0 radical (unpaired) electrons. The summed E-state index contributed by atoms with van der Waals surface area (Å²) in [5, 5.41) is 6.19. The highest BCUT2D eigenvalue weighted by Gasteiger charge is 2.26. The van der Waals surface area contributed by atoms with Crippen molar-refractivity contribution < 1.29 is 9.59 Å². The van der Waals surface area contributed by atoms with Crippen LogP contribution >= 0.6 is 11.3 Å². The van der Waals surface area contributed by atoms with Crippen LogP contribution in [0.1, 0.15) is 36.0 Å². The molecule has 4 aromatic rings. The zero-order chi connectivity index (χ0) is 26.2. The number of anilines is 1. The molecule has 2 amide bonds. The number of piperidine rings is 1. The van der Waals surface area contributed by atoms with Crippen LogP contribution in [0.15, 0.2) is 41.3 Å². The van der Waals surface area contributed by atoms with Crippen LogP contribution < -0.4 is 21.0 Å². The molecule has 6 rings (SSSR count). The van der Waals surface area contributed by atoms with Crippen LogP contribution in [0.2, 0.25) is 0 Å². The van der Waals surface area contributed by atoms with Gasteiger partial charge in [-0.2, -0.15) is 0 Å². The normalized spacial score (nSPS) is 17.0. The van der Waals surface area contributed by atoms with E-state index in [1.165, 1.54) is 24.2 Å². The minimum Gasteiger partial charge on any atom is -0.370 e. The molecule has 2 fully saturated rings. The number of nitrogens with one attached hydrogen (secondary N) is 2. The number of pyridine rings is 2. The average molecular weight is 533 g/mol. The van der Waals surface area contributed by atoms with Gasteiger partial charge in [0, 0.05) is 39.1 Å². The minimum absolute atomic E-state index is 0.00273. The number of fused-ring (bicyclic) bond motifs is 5. The molecule has 9 nitrogen and oxygen atoms in total. The maximum absolute atomic E-state index is 13.9. The largest absolute Gasteiger partial charge is 0.370 e. The Hall–Kier alpha value is -3.50. The Labute approximate surface area is 224 Å². The molecule has 2 aliphatic heterocycles. The third kappa shape index (κ3) is 4.41. The van der Waals surface area contributed by atoms with Crippen molar-refractivity contribution in [2.75, 3.05) is 51.2 Å². The molecule has 0 spiro atoms. The van der Waals surface area contributed by atoms with Gasteiger partial charge in [0.2, 0.25) is 11.3 Å². The van der Waals surface area contributed by atoms with Gasteiger partial charge in [0.15, 0.2) is 0 Å². The number of nitrogens with zero attached hydrogens (tertiary/aromatic N) is 4. The highest BCUT2D eigenvalue weighted by molar-refractivity contribution is 7.24. The summed E-state index contributed by atoms with van der Waals surface area (Å²) in [4.78, 5) is 49.3. The summed E-state index contributed by atoms with van der Waals surface area (Å²) in [5.74, 6) is -0.258. The van der Waals surface area contributed by atoms with Crippen molar-refractivity contribution in [2.24, 2.45) is 5.92 Å². The van der Waals surface area contributed by atoms with Gasteiger partial charge in [-0.1, -0.05) is 12.1 Å². The van der Waals surface area contributed by atoms with Gasteiger partial charge in [0.1, 0.15) is 16.0 Å². The lowest BCUT2D eigenvalue weighted by Crippen LogP contribution is -2.39. The average Bonchev–Trinajstić information content (AvgIpc) is 3.60. The van der Waals surface area contributed by atoms with Crippen molar-refractivity contribution in [1.82, 2.24) is 24.9 Å². The molecular formula is C28H32N6O3S. The Kier molecular flexibility index (Phi) is 6.75. The number of hydrogen-bond donors (Lipinski definition) is 2. The van der Waals surface area contributed by atoms with E-state index >= 15 is 0 Å². The Balaban J connectivity index is 1.39. The van der Waals surface area contributed by atoms with Crippen molar-refractivity contribution in [3.05, 3.63) is 52.3 Å². The number of amides is 2. The summed E-state index contributed by atoms with van der Waals surface area (Å²) in [6.45, 7) is 4.83. The molecule has 2 aliphatic rings. The van der Waals surface area contributed by atoms with Crippen molar-refractivity contribution in [3.63, 3.8) is 0 Å². The summed E-state index contributed by atoms with van der Waals surface area (Å²) >= 11 is 1.45. The summed E-state index contributed by atoms with van der Waals surface area (Å²) in [6, 6.07) is 9.78. The zero-order valence-electron chi connectivity index (χ0n) is 21.5. The van der Waals surface area contributed by atoms with E-state index in [2.05, 4.69) is 20.4 Å². The fourth-order valence-corrected chi connectivity index (χ4v) is 6.97. The zero-order valence-corrected chi connectivity index (χ0v) is 22.4. The number of benzene rings is 1. The Morgan fingerprint density at radius 1 is 1.11 bits per heavy atom. The topological polar surface area (TPSA) is 99.0 Å². The highest BCUT2D eigenvalue weighted by Crippen LogP contribution is 2.32. The predicted octanol–water partition coefficient (Wildman–Crippen LogP) is 2.85. The number of rotatable bonds is 6. The molecule has 2 saturated heterocycles. The van der Waals surface area contributed by atoms with Crippen molar-refractivity contribution in [3.8, 4) is 0 Å². The second kappa shape index (κ2) is 10.3. The maximum Gasteiger partial charge on any atom is 0.258 e. The third-order valence-electron chi connectivity index (χ3n) is 7.88. The third-order valence-corrected chi connectivity index (χ3v) is 9.03. The van der Waals surface area contributed by atoms with Gasteiger partial charge >= 0.3 is 0 Å². The van der Waals surface area contributed by atoms with Crippen molar-refractivity contribution in [2.45, 2.75) is 25.7 Å². The lowest BCUT2D eigenvalue weighted by molar-refractivity contribution is -0.125. The summed E-state index contributed by atoms with van der Waals surface area (Å²) < 4.78 is 2.95.